The molecule has 4 aliphatic heterocycles. The highest BCUT2D eigenvalue weighted by molar-refractivity contribution is 7.17. The third-order valence-corrected chi connectivity index (χ3v) is 18.4. The summed E-state index contributed by atoms with van der Waals surface area (Å²) >= 11 is 2.61. The van der Waals surface area contributed by atoms with E-state index in [1.807, 2.05) is 72.9 Å². The Morgan fingerprint density at radius 3 is 1.26 bits per heavy atom. The van der Waals surface area contributed by atoms with Gasteiger partial charge in [0.15, 0.2) is 10.3 Å². The number of nitrogens with zero attached hydrogens (tertiary/aromatic N) is 16. The van der Waals surface area contributed by atoms with E-state index >= 15 is 0 Å². The van der Waals surface area contributed by atoms with E-state index in [0.717, 1.165) is 157 Å². The van der Waals surface area contributed by atoms with Crippen LogP contribution in [0, 0.1) is 58.0 Å². The molecule has 0 aliphatic carbocycles. The second-order valence-electron chi connectivity index (χ2n) is 22.2. The van der Waals surface area contributed by atoms with Crippen molar-refractivity contribution in [3.05, 3.63) is 143 Å². The molecule has 4 aliphatic rings. The van der Waals surface area contributed by atoms with Crippen molar-refractivity contribution in [2.45, 2.75) is 60.8 Å². The lowest BCUT2D eigenvalue weighted by Crippen LogP contribution is -2.51. The van der Waals surface area contributed by atoms with Gasteiger partial charge in [-0.15, -0.1) is 0 Å². The molecule has 24 heteroatoms. The number of nitrogens with one attached hydrogen (secondary N) is 2. The number of carboxylic acid groups (broad SMARTS) is 1. The Morgan fingerprint density at radius 1 is 0.600 bits per heavy atom. The summed E-state index contributed by atoms with van der Waals surface area (Å²) in [6.45, 7) is 14.9. The van der Waals surface area contributed by atoms with Gasteiger partial charge in [-0.2, -0.15) is 10.5 Å². The molecule has 10 aromatic rings. The highest BCUT2D eigenvalue weighted by atomic mass is 32.1. The second kappa shape index (κ2) is 28.4. The lowest BCUT2D eigenvalue weighted by Gasteiger charge is -2.42. The molecule has 8 aromatic heterocycles. The number of hydrogen-bond donors (Lipinski definition) is 3. The minimum atomic E-state index is -0.328. The monoisotopic (exact) mass is 1250 g/mol. The fourth-order valence-corrected chi connectivity index (χ4v) is 13.2. The number of benzene rings is 2. The molecular formula is C66H72F2N18O2S2. The first kappa shape index (κ1) is 62.3. The number of fused-ring (bicyclic) bond motifs is 2. The maximum absolute atomic E-state index is 13.5. The zero-order valence-electron chi connectivity index (χ0n) is 51.1. The van der Waals surface area contributed by atoms with Crippen LogP contribution >= 0.6 is 22.7 Å². The topological polar surface area (TPSA) is 234 Å². The first-order valence-corrected chi connectivity index (χ1v) is 31.2. The van der Waals surface area contributed by atoms with Gasteiger partial charge in [0.2, 0.25) is 11.9 Å². The number of rotatable bonds is 16. The molecule has 20 nitrogen and oxygen atoms in total. The Labute approximate surface area is 531 Å². The van der Waals surface area contributed by atoms with Crippen LogP contribution in [-0.2, 0) is 17.6 Å². The molecule has 90 heavy (non-hydrogen) atoms. The molecule has 464 valence electrons. The van der Waals surface area contributed by atoms with Gasteiger partial charge in [-0.1, -0.05) is 57.8 Å². The molecule has 4 fully saturated rings. The van der Waals surface area contributed by atoms with Crippen molar-refractivity contribution in [1.29, 1.82) is 10.5 Å². The number of halogens is 2. The average molecular weight is 1250 g/mol. The summed E-state index contributed by atoms with van der Waals surface area (Å²) in [5.41, 5.74) is 9.78. The quantitative estimate of drug-likeness (QED) is 0.0763. The highest BCUT2D eigenvalue weighted by Gasteiger charge is 2.34. The van der Waals surface area contributed by atoms with E-state index < -0.39 is 0 Å². The van der Waals surface area contributed by atoms with Crippen molar-refractivity contribution in [1.82, 2.24) is 59.3 Å². The smallest absolute Gasteiger partial charge is 0.290 e. The number of imidazole rings is 2. The van der Waals surface area contributed by atoms with Gasteiger partial charge in [-0.05, 0) is 148 Å². The summed E-state index contributed by atoms with van der Waals surface area (Å²) in [7, 11) is 3.87. The lowest BCUT2D eigenvalue weighted by molar-refractivity contribution is -0.122. The SMILES string of the molecule is C.CCc1nc2ccc(-c3cnc(N4CC(CC5CNC5)C4)nc3)cn2c1N(C)c1nc(-c2ccc(F)cc2)c(C#N)s1.CCc1nc2ccc(-c3cnc(N4CC(CC5CNC5)C4)nc3)cn2c1N(C)c1nc(-c2ccc(F)cc2)c(C#N)s1.O=CO.[2H]CC. The number of aromatic nitrogens is 10. The summed E-state index contributed by atoms with van der Waals surface area (Å²) in [5.74, 6) is 5.81. The molecule has 3 N–H and O–H groups in total. The Hall–Kier alpha value is -9.33. The average Bonchev–Trinajstić information content (AvgIpc) is 1.67. The van der Waals surface area contributed by atoms with E-state index in [4.69, 9.17) is 51.1 Å². The molecule has 0 bridgehead atoms. The first-order chi connectivity index (χ1) is 43.8. The van der Waals surface area contributed by atoms with Gasteiger partial charge < -0.3 is 35.3 Å². The van der Waals surface area contributed by atoms with Gasteiger partial charge in [0.25, 0.3) is 6.47 Å². The van der Waals surface area contributed by atoms with Crippen LogP contribution in [0.25, 0.3) is 56.1 Å². The zero-order valence-corrected chi connectivity index (χ0v) is 51.7. The Morgan fingerprint density at radius 2 is 0.944 bits per heavy atom. The summed E-state index contributed by atoms with van der Waals surface area (Å²) in [6, 6.07) is 24.7. The maximum Gasteiger partial charge on any atom is 0.290 e. The lowest BCUT2D eigenvalue weighted by atomic mass is 9.86. The van der Waals surface area contributed by atoms with Gasteiger partial charge in [0.1, 0.15) is 67.8 Å². The molecule has 0 atom stereocenters. The van der Waals surface area contributed by atoms with Crippen LogP contribution in [0.15, 0.2) is 110 Å². The molecule has 0 amide bonds. The Bertz CT molecular complexity index is 3920. The van der Waals surface area contributed by atoms with Gasteiger partial charge >= 0.3 is 0 Å². The second-order valence-corrected chi connectivity index (χ2v) is 24.1. The normalized spacial score (nSPS) is 14.7. The molecule has 0 unspecified atom stereocenters. The zero-order chi connectivity index (χ0) is 63.0. The number of hydrogen-bond acceptors (Lipinski definition) is 19. The van der Waals surface area contributed by atoms with Gasteiger partial charge in [0, 0.05) is 112 Å². The molecule has 0 radical (unpaired) electrons. The summed E-state index contributed by atoms with van der Waals surface area (Å²) in [4.78, 5) is 55.9. The van der Waals surface area contributed by atoms with E-state index in [9.17, 15) is 19.3 Å². The fourth-order valence-electron chi connectivity index (χ4n) is 11.5. The van der Waals surface area contributed by atoms with Crippen molar-refractivity contribution >= 4 is 74.2 Å². The van der Waals surface area contributed by atoms with E-state index in [1.165, 1.54) is 59.8 Å². The van der Waals surface area contributed by atoms with Gasteiger partial charge in [-0.3, -0.25) is 13.6 Å². The van der Waals surface area contributed by atoms with Crippen molar-refractivity contribution in [2.24, 2.45) is 23.7 Å². The minimum Gasteiger partial charge on any atom is -0.483 e. The molecule has 12 heterocycles. The van der Waals surface area contributed by atoms with E-state index in [1.54, 1.807) is 31.2 Å². The van der Waals surface area contributed by atoms with Crippen molar-refractivity contribution < 1.29 is 20.1 Å². The number of thiazole rings is 2. The van der Waals surface area contributed by atoms with Crippen molar-refractivity contribution in [3.8, 4) is 56.9 Å². The van der Waals surface area contributed by atoms with Crippen molar-refractivity contribution in [3.63, 3.8) is 0 Å². The van der Waals surface area contributed by atoms with Crippen LogP contribution < -0.4 is 30.2 Å². The number of pyridine rings is 2. The van der Waals surface area contributed by atoms with Crippen LogP contribution in [0.2, 0.25) is 0 Å². The van der Waals surface area contributed by atoms with Crippen LogP contribution in [0.1, 0.15) is 70.5 Å². The maximum atomic E-state index is 13.5. The molecular weight excluding hydrogens is 1180 g/mol. The summed E-state index contributed by atoms with van der Waals surface area (Å²) in [6.07, 6.45) is 15.7. The van der Waals surface area contributed by atoms with Gasteiger partial charge in [-0.25, -0.2) is 48.7 Å². The summed E-state index contributed by atoms with van der Waals surface area (Å²) in [5, 5.41) is 34.6. The Balaban J connectivity index is 0.000000182. The summed E-state index contributed by atoms with van der Waals surface area (Å²) < 4.78 is 37.4. The number of carbonyl (C=O) groups is 1. The predicted octanol–water partition coefficient (Wildman–Crippen LogP) is 12.0. The van der Waals surface area contributed by atoms with Crippen LogP contribution in [-0.4, -0.2) is 127 Å². The minimum absolute atomic E-state index is 0. The molecule has 2 aromatic carbocycles. The molecule has 0 spiro atoms. The largest absolute Gasteiger partial charge is 0.483 e. The first-order valence-electron chi connectivity index (χ1n) is 30.3. The van der Waals surface area contributed by atoms with Crippen LogP contribution in [0.5, 0.6) is 0 Å². The van der Waals surface area contributed by atoms with Crippen LogP contribution in [0.4, 0.5) is 42.6 Å². The van der Waals surface area contributed by atoms with E-state index in [-0.39, 0.29) is 25.5 Å². The Kier molecular flexibility index (Phi) is 19.7. The van der Waals surface area contributed by atoms with E-state index in [2.05, 4.69) is 67.6 Å². The highest BCUT2D eigenvalue weighted by Crippen LogP contribution is 2.40. The fraction of sp³-hybridized carbons (Fsp3) is 0.348. The predicted molar refractivity (Wildman–Crippen MR) is 352 cm³/mol. The van der Waals surface area contributed by atoms with Crippen molar-refractivity contribution in [2.75, 3.05) is 86.1 Å². The number of nitriles is 2. The third kappa shape index (κ3) is 13.3. The van der Waals surface area contributed by atoms with Gasteiger partial charge in [0.05, 0.1) is 11.4 Å². The van der Waals surface area contributed by atoms with Crippen LogP contribution in [0.3, 0.4) is 0 Å². The molecule has 0 saturated carbocycles. The number of aryl methyl sites for hydroxylation is 2. The standard InChI is InChI=1S/2C31H30FN9S.C2H6.CH2O2.CH4/c2*1-3-25-29(39(2)31-38-28(26(11-33)42-31)21-4-7-24(32)8-5-21)41-18-22(6-9-27(41)37-25)23-14-35-30(36-15-23)40-16-20(17-40)10-19-12-34-13-19;1-2;2-1-3;/h2*4-9,14-15,18-20,34H,3,10,12-13,16-17H2,1-2H3;1-2H3;1H,(H,2,3);1H4/i;;1D;;. The molecule has 14 rings (SSSR count). The molecule has 4 saturated heterocycles. The third-order valence-electron chi connectivity index (χ3n) is 16.4. The number of anilines is 6. The van der Waals surface area contributed by atoms with E-state index in [0.29, 0.717) is 49.4 Å².